The third kappa shape index (κ3) is 3.33. The summed E-state index contributed by atoms with van der Waals surface area (Å²) < 4.78 is 0. The highest BCUT2D eigenvalue weighted by Crippen LogP contribution is 2.64. The number of rotatable bonds is 4. The zero-order valence-corrected chi connectivity index (χ0v) is 26.5. The highest BCUT2D eigenvalue weighted by atomic mass is 28.3. The molecule has 3 aliphatic rings. The van der Waals surface area contributed by atoms with Crippen molar-refractivity contribution in [3.05, 3.63) is 209 Å². The van der Waals surface area contributed by atoms with Gasteiger partial charge in [-0.15, -0.1) is 0 Å². The maximum absolute atomic E-state index is 2.88. The van der Waals surface area contributed by atoms with Gasteiger partial charge in [0.1, 0.15) is 8.07 Å². The quantitative estimate of drug-likeness (QED) is 0.176. The van der Waals surface area contributed by atoms with Crippen molar-refractivity contribution in [2.24, 2.45) is 0 Å². The van der Waals surface area contributed by atoms with Gasteiger partial charge in [-0.1, -0.05) is 181 Å². The second-order valence-electron chi connectivity index (χ2n) is 13.1. The van der Waals surface area contributed by atoms with Crippen molar-refractivity contribution >= 4 is 13.3 Å². The monoisotopic (exact) mass is 600 g/mol. The van der Waals surface area contributed by atoms with Crippen molar-refractivity contribution in [1.82, 2.24) is 0 Å². The topological polar surface area (TPSA) is 0 Å². The molecule has 0 saturated heterocycles. The zero-order valence-electron chi connectivity index (χ0n) is 25.5. The van der Waals surface area contributed by atoms with Gasteiger partial charge in [-0.3, -0.25) is 0 Å². The van der Waals surface area contributed by atoms with E-state index in [0.29, 0.717) is 0 Å². The van der Waals surface area contributed by atoms with Crippen LogP contribution in [0.3, 0.4) is 0 Å². The largest absolute Gasteiger partial charge is 0.122 e. The van der Waals surface area contributed by atoms with E-state index in [1.165, 1.54) is 71.9 Å². The van der Waals surface area contributed by atoms with E-state index in [9.17, 15) is 0 Å². The average molecular weight is 601 g/mol. The van der Waals surface area contributed by atoms with Crippen molar-refractivity contribution in [2.45, 2.75) is 16.6 Å². The van der Waals surface area contributed by atoms with E-state index in [2.05, 4.69) is 176 Å². The molecule has 0 N–H and O–H groups in total. The smallest absolute Gasteiger partial charge is 0.0629 e. The van der Waals surface area contributed by atoms with Crippen LogP contribution in [0.15, 0.2) is 176 Å². The van der Waals surface area contributed by atoms with Crippen LogP contribution < -0.4 is 5.19 Å². The Hall–Kier alpha value is -5.24. The van der Waals surface area contributed by atoms with Crippen molar-refractivity contribution in [3.63, 3.8) is 0 Å². The predicted octanol–water partition coefficient (Wildman–Crippen LogP) is 10.4. The van der Waals surface area contributed by atoms with Crippen molar-refractivity contribution in [2.75, 3.05) is 0 Å². The molecule has 7 aromatic rings. The molecule has 0 saturated carbocycles. The molecule has 0 fully saturated rings. The van der Waals surface area contributed by atoms with Gasteiger partial charge in [0.25, 0.3) is 0 Å². The van der Waals surface area contributed by atoms with E-state index in [4.69, 9.17) is 0 Å². The van der Waals surface area contributed by atoms with Crippen LogP contribution in [0.5, 0.6) is 0 Å². The molecule has 0 bridgehead atoms. The molecular formula is C45H32Si. The molecule has 0 aromatic heterocycles. The fourth-order valence-electron chi connectivity index (χ4n) is 9.74. The van der Waals surface area contributed by atoms with Gasteiger partial charge in [0.05, 0.1) is 0 Å². The Morgan fingerprint density at radius 3 is 0.717 bits per heavy atom. The third-order valence-corrected chi connectivity index (χ3v) is 17.3. The first-order valence-corrected chi connectivity index (χ1v) is 18.7. The normalized spacial score (nSPS) is 14.7. The highest BCUT2D eigenvalue weighted by Gasteiger charge is 2.62. The first-order chi connectivity index (χ1) is 22.9. The van der Waals surface area contributed by atoms with E-state index >= 15 is 0 Å². The maximum atomic E-state index is 2.49. The van der Waals surface area contributed by atoms with E-state index in [-0.39, 0.29) is 16.6 Å². The molecule has 46 heavy (non-hydrogen) atoms. The van der Waals surface area contributed by atoms with Crippen LogP contribution in [0.1, 0.15) is 50.0 Å². The summed E-state index contributed by atoms with van der Waals surface area (Å²) in [5, 5.41) is 1.53. The van der Waals surface area contributed by atoms with Gasteiger partial charge in [-0.25, -0.2) is 0 Å². The van der Waals surface area contributed by atoms with Gasteiger partial charge in [-0.05, 0) is 66.8 Å². The molecule has 0 spiro atoms. The number of benzene rings is 7. The molecule has 0 aliphatic heterocycles. The van der Waals surface area contributed by atoms with Crippen molar-refractivity contribution < 1.29 is 0 Å². The molecular weight excluding hydrogens is 569 g/mol. The van der Waals surface area contributed by atoms with E-state index in [1.807, 2.05) is 0 Å². The summed E-state index contributed by atoms with van der Waals surface area (Å²) in [7, 11) is -2.88. The van der Waals surface area contributed by atoms with Gasteiger partial charge in [-0.2, -0.15) is 0 Å². The Kier molecular flexibility index (Phi) is 5.59. The van der Waals surface area contributed by atoms with Crippen molar-refractivity contribution in [3.8, 4) is 33.4 Å². The lowest BCUT2D eigenvalue weighted by molar-refractivity contribution is 0.936. The third-order valence-electron chi connectivity index (χ3n) is 11.2. The van der Waals surface area contributed by atoms with Crippen molar-refractivity contribution in [1.29, 1.82) is 0 Å². The molecule has 1 heteroatoms. The molecule has 0 heterocycles. The van der Waals surface area contributed by atoms with Gasteiger partial charge >= 0.3 is 0 Å². The molecule has 0 unspecified atom stereocenters. The Morgan fingerprint density at radius 1 is 0.239 bits per heavy atom. The minimum Gasteiger partial charge on any atom is -0.0629 e. The molecule has 0 atom stereocenters. The van der Waals surface area contributed by atoms with Crippen LogP contribution in [0.2, 0.25) is 0 Å². The number of hydrogen-bond donors (Lipinski definition) is 0. The lowest BCUT2D eigenvalue weighted by atomic mass is 10.1. The second kappa shape index (κ2) is 9.88. The van der Waals surface area contributed by atoms with Crippen LogP contribution in [-0.2, 0) is 0 Å². The summed E-state index contributed by atoms with van der Waals surface area (Å²) in [5.74, 6) is 0. The van der Waals surface area contributed by atoms with Crippen LogP contribution in [-0.4, -0.2) is 8.07 Å². The summed E-state index contributed by atoms with van der Waals surface area (Å²) in [4.78, 5) is 0. The van der Waals surface area contributed by atoms with Crippen LogP contribution in [0.4, 0.5) is 0 Å². The SMILES string of the molecule is c1ccc([Si](C2c3ccccc3-c3ccccc32)(C2c3ccccc3-c3ccccc32)C2c3ccccc3-c3ccccc32)cc1. The van der Waals surface area contributed by atoms with Crippen LogP contribution >= 0.6 is 0 Å². The fraction of sp³-hybridized carbons (Fsp3) is 0.0667. The highest BCUT2D eigenvalue weighted by molar-refractivity contribution is 6.97. The maximum Gasteiger partial charge on any atom is 0.122 e. The molecule has 3 aliphatic carbocycles. The van der Waals surface area contributed by atoms with Crippen LogP contribution in [0.25, 0.3) is 33.4 Å². The molecule has 0 amide bonds. The minimum atomic E-state index is -2.88. The van der Waals surface area contributed by atoms with Gasteiger partial charge in [0.2, 0.25) is 0 Å². The summed E-state index contributed by atoms with van der Waals surface area (Å²) in [5.41, 5.74) is 18.1. The Morgan fingerprint density at radius 2 is 0.457 bits per heavy atom. The predicted molar refractivity (Wildman–Crippen MR) is 193 cm³/mol. The van der Waals surface area contributed by atoms with Crippen LogP contribution in [0, 0.1) is 0 Å². The van der Waals surface area contributed by atoms with E-state index in [1.54, 1.807) is 0 Å². The molecule has 0 nitrogen and oxygen atoms in total. The first kappa shape index (κ1) is 26.0. The molecule has 216 valence electrons. The number of fused-ring (bicyclic) bond motifs is 9. The lowest BCUT2D eigenvalue weighted by Gasteiger charge is -2.49. The van der Waals surface area contributed by atoms with Gasteiger partial charge in [0.15, 0.2) is 0 Å². The summed E-state index contributed by atoms with van der Waals surface area (Å²) >= 11 is 0. The zero-order chi connectivity index (χ0) is 30.2. The average Bonchev–Trinajstić information content (AvgIpc) is 3.77. The Balaban J connectivity index is 1.44. The van der Waals surface area contributed by atoms with Gasteiger partial charge < -0.3 is 0 Å². The number of hydrogen-bond acceptors (Lipinski definition) is 0. The summed E-state index contributed by atoms with van der Waals surface area (Å²) in [6.07, 6.45) is 0. The Labute approximate surface area is 271 Å². The lowest BCUT2D eigenvalue weighted by Crippen LogP contribution is -2.62. The fourth-order valence-corrected chi connectivity index (χ4v) is 17.1. The second-order valence-corrected chi connectivity index (χ2v) is 17.3. The molecule has 0 radical (unpaired) electrons. The van der Waals surface area contributed by atoms with E-state index in [0.717, 1.165) is 0 Å². The minimum absolute atomic E-state index is 0.246. The summed E-state index contributed by atoms with van der Waals surface area (Å²) in [6, 6.07) is 67.7. The Bertz CT molecular complexity index is 1930. The molecule has 7 aromatic carbocycles. The summed E-state index contributed by atoms with van der Waals surface area (Å²) in [6.45, 7) is 0. The first-order valence-electron chi connectivity index (χ1n) is 16.5. The van der Waals surface area contributed by atoms with Gasteiger partial charge in [0, 0.05) is 16.6 Å². The van der Waals surface area contributed by atoms with E-state index < -0.39 is 8.07 Å². The standard InChI is InChI=1S/C45H32Si/c1-2-16-30(17-3-1)46(43-37-24-10-4-18-31(37)32-19-5-11-25-38(32)43,44-39-26-12-6-20-33(39)34-21-7-13-27-40(34)44)45-41-28-14-8-22-35(41)36-23-9-15-29-42(36)45/h1-29,43-45H. The molecule has 10 rings (SSSR count).